The minimum Gasteiger partial charge on any atom is -0.355 e. The molecule has 1 heterocycles. The monoisotopic (exact) mass is 356 g/mol. The Morgan fingerprint density at radius 2 is 2.00 bits per heavy atom. The molecule has 1 amide bonds. The number of nitrogens with one attached hydrogen (secondary N) is 2. The molecule has 1 aliphatic rings. The number of carbonyl (C=O) groups is 1. The molecule has 9 nitrogen and oxygen atoms in total. The molecule has 24 heavy (non-hydrogen) atoms. The molecule has 0 spiro atoms. The lowest BCUT2D eigenvalue weighted by atomic mass is 10.1. The van der Waals surface area contributed by atoms with E-state index in [0.29, 0.717) is 13.1 Å². The zero-order chi connectivity index (χ0) is 18.1. The molecule has 1 fully saturated rings. The predicted molar refractivity (Wildman–Crippen MR) is 88.4 cm³/mol. The highest BCUT2D eigenvalue weighted by atomic mass is 32.2. The number of piperazine rings is 1. The first-order valence-corrected chi connectivity index (χ1v) is 8.82. The van der Waals surface area contributed by atoms with E-state index in [9.17, 15) is 23.3 Å². The maximum atomic E-state index is 12.4. The quantitative estimate of drug-likeness (QED) is 0.602. The fraction of sp³-hybridized carbons (Fsp3) is 0.500. The average Bonchev–Trinajstić information content (AvgIpc) is 2.44. The molecule has 1 aromatic rings. The van der Waals surface area contributed by atoms with Crippen molar-refractivity contribution in [3.05, 3.63) is 28.3 Å². The second kappa shape index (κ2) is 6.36. The lowest BCUT2D eigenvalue weighted by molar-refractivity contribution is -0.384. The van der Waals surface area contributed by atoms with E-state index in [0.717, 1.165) is 6.07 Å². The average molecular weight is 356 g/mol. The Kier molecular flexibility index (Phi) is 4.81. The Hall–Kier alpha value is -2.20. The van der Waals surface area contributed by atoms with Crippen LogP contribution in [0, 0.1) is 10.1 Å². The second-order valence-corrected chi connectivity index (χ2v) is 8.22. The summed E-state index contributed by atoms with van der Waals surface area (Å²) in [4.78, 5) is 23.6. The summed E-state index contributed by atoms with van der Waals surface area (Å²) in [5.41, 5.74) is -0.830. The van der Waals surface area contributed by atoms with E-state index in [1.54, 1.807) is 25.7 Å². The summed E-state index contributed by atoms with van der Waals surface area (Å²) in [5, 5.41) is 14.0. The Bertz CT molecular complexity index is 770. The first-order valence-electron chi connectivity index (χ1n) is 7.34. The van der Waals surface area contributed by atoms with Crippen LogP contribution in [0.3, 0.4) is 0 Å². The van der Waals surface area contributed by atoms with E-state index < -0.39 is 20.5 Å². The van der Waals surface area contributed by atoms with Crippen molar-refractivity contribution in [3.8, 4) is 0 Å². The summed E-state index contributed by atoms with van der Waals surface area (Å²) in [5.74, 6) is -0.235. The summed E-state index contributed by atoms with van der Waals surface area (Å²) >= 11 is 0. The minimum atomic E-state index is -3.88. The number of hydrogen-bond donors (Lipinski definition) is 2. The molecule has 2 rings (SSSR count). The first kappa shape index (κ1) is 18.1. The zero-order valence-corrected chi connectivity index (χ0v) is 14.5. The van der Waals surface area contributed by atoms with E-state index >= 15 is 0 Å². The molecular formula is C14H20N4O5S. The fourth-order valence-electron chi connectivity index (χ4n) is 2.39. The van der Waals surface area contributed by atoms with E-state index in [1.807, 2.05) is 0 Å². The van der Waals surface area contributed by atoms with E-state index in [1.165, 1.54) is 12.1 Å². The molecule has 132 valence electrons. The number of nitro groups is 1. The van der Waals surface area contributed by atoms with Crippen LogP contribution in [0.4, 0.5) is 11.4 Å². The summed E-state index contributed by atoms with van der Waals surface area (Å²) < 4.78 is 27.2. The van der Waals surface area contributed by atoms with Crippen LogP contribution in [0.5, 0.6) is 0 Å². The summed E-state index contributed by atoms with van der Waals surface area (Å²) in [6.07, 6.45) is 0. The second-order valence-electron chi connectivity index (χ2n) is 6.53. The Morgan fingerprint density at radius 1 is 1.33 bits per heavy atom. The van der Waals surface area contributed by atoms with Crippen LogP contribution in [-0.2, 0) is 14.8 Å². The van der Waals surface area contributed by atoms with Gasteiger partial charge in [0.15, 0.2) is 0 Å². The van der Waals surface area contributed by atoms with Gasteiger partial charge < -0.3 is 10.2 Å². The number of rotatable bonds is 4. The Balaban J connectivity index is 2.44. The van der Waals surface area contributed by atoms with Crippen molar-refractivity contribution in [2.75, 3.05) is 24.5 Å². The number of sulfonamides is 1. The van der Waals surface area contributed by atoms with Crippen molar-refractivity contribution < 1.29 is 18.1 Å². The Labute approximate surface area is 140 Å². The van der Waals surface area contributed by atoms with Crippen LogP contribution < -0.4 is 14.9 Å². The molecule has 1 aromatic carbocycles. The first-order chi connectivity index (χ1) is 11.0. The van der Waals surface area contributed by atoms with Gasteiger partial charge in [0.1, 0.15) is 5.69 Å². The van der Waals surface area contributed by atoms with Gasteiger partial charge in [-0.05, 0) is 32.9 Å². The number of nitrogens with zero attached hydrogens (tertiary/aromatic N) is 2. The topological polar surface area (TPSA) is 122 Å². The van der Waals surface area contributed by atoms with E-state index in [-0.39, 0.29) is 28.7 Å². The van der Waals surface area contributed by atoms with Gasteiger partial charge >= 0.3 is 0 Å². The molecule has 10 heteroatoms. The van der Waals surface area contributed by atoms with Crippen molar-refractivity contribution >= 4 is 27.3 Å². The van der Waals surface area contributed by atoms with E-state index in [2.05, 4.69) is 10.0 Å². The molecular weight excluding hydrogens is 336 g/mol. The highest BCUT2D eigenvalue weighted by molar-refractivity contribution is 7.89. The van der Waals surface area contributed by atoms with E-state index in [4.69, 9.17) is 0 Å². The number of anilines is 1. The van der Waals surface area contributed by atoms with Crippen molar-refractivity contribution in [1.29, 1.82) is 0 Å². The highest BCUT2D eigenvalue weighted by Gasteiger charge is 2.28. The van der Waals surface area contributed by atoms with Crippen molar-refractivity contribution in [2.45, 2.75) is 31.2 Å². The van der Waals surface area contributed by atoms with Crippen molar-refractivity contribution in [2.24, 2.45) is 0 Å². The van der Waals surface area contributed by atoms with Gasteiger partial charge in [0.05, 0.1) is 16.4 Å². The third-order valence-electron chi connectivity index (χ3n) is 3.27. The molecule has 0 bridgehead atoms. The molecule has 1 saturated heterocycles. The number of hydrogen-bond acceptors (Lipinski definition) is 6. The van der Waals surface area contributed by atoms with Gasteiger partial charge in [0, 0.05) is 24.7 Å². The minimum absolute atomic E-state index is 0.00677. The molecule has 0 aromatic heterocycles. The maximum Gasteiger partial charge on any atom is 0.293 e. The largest absolute Gasteiger partial charge is 0.355 e. The van der Waals surface area contributed by atoms with Crippen molar-refractivity contribution in [1.82, 2.24) is 10.0 Å². The van der Waals surface area contributed by atoms with Crippen LogP contribution >= 0.6 is 0 Å². The lowest BCUT2D eigenvalue weighted by Gasteiger charge is -2.28. The molecule has 0 atom stereocenters. The van der Waals surface area contributed by atoms with Crippen LogP contribution in [-0.4, -0.2) is 44.4 Å². The summed E-state index contributed by atoms with van der Waals surface area (Å²) in [7, 11) is -3.88. The zero-order valence-electron chi connectivity index (χ0n) is 13.7. The number of nitro benzene ring substituents is 1. The van der Waals surface area contributed by atoms with Crippen LogP contribution in [0.1, 0.15) is 20.8 Å². The molecule has 0 saturated carbocycles. The van der Waals surface area contributed by atoms with Crippen molar-refractivity contribution in [3.63, 3.8) is 0 Å². The number of carbonyl (C=O) groups excluding carboxylic acids is 1. The normalized spacial score (nSPS) is 16.0. The predicted octanol–water partition coefficient (Wildman–Crippen LogP) is 0.608. The molecule has 0 aliphatic carbocycles. The highest BCUT2D eigenvalue weighted by Crippen LogP contribution is 2.31. The fourth-order valence-corrected chi connectivity index (χ4v) is 3.83. The van der Waals surface area contributed by atoms with Gasteiger partial charge in [-0.15, -0.1) is 0 Å². The van der Waals surface area contributed by atoms with Crippen LogP contribution in [0.15, 0.2) is 23.1 Å². The number of benzene rings is 1. The third-order valence-corrected chi connectivity index (χ3v) is 5.03. The summed E-state index contributed by atoms with van der Waals surface area (Å²) in [6.45, 7) is 5.83. The van der Waals surface area contributed by atoms with Gasteiger partial charge in [-0.1, -0.05) is 0 Å². The van der Waals surface area contributed by atoms with Gasteiger partial charge in [0.2, 0.25) is 15.9 Å². The summed E-state index contributed by atoms with van der Waals surface area (Å²) in [6, 6.07) is 3.70. The molecule has 0 unspecified atom stereocenters. The number of amides is 1. The molecule has 1 aliphatic heterocycles. The standard InChI is InChI=1S/C14H20N4O5S/c1-14(2,3)16-24(22,23)10-4-5-11(12(8-10)18(20)21)17-7-6-15-13(19)9-17/h4-5,8,16H,6-7,9H2,1-3H3,(H,15,19). The van der Waals surface area contributed by atoms with Crippen LogP contribution in [0.2, 0.25) is 0 Å². The lowest BCUT2D eigenvalue weighted by Crippen LogP contribution is -2.47. The Morgan fingerprint density at radius 3 is 2.54 bits per heavy atom. The van der Waals surface area contributed by atoms with Gasteiger partial charge in [-0.2, -0.15) is 0 Å². The van der Waals surface area contributed by atoms with Gasteiger partial charge in [-0.25, -0.2) is 13.1 Å². The smallest absolute Gasteiger partial charge is 0.293 e. The third kappa shape index (κ3) is 4.20. The van der Waals surface area contributed by atoms with Gasteiger partial charge in [0.25, 0.3) is 5.69 Å². The molecule has 0 radical (unpaired) electrons. The molecule has 2 N–H and O–H groups in total. The SMILES string of the molecule is CC(C)(C)NS(=O)(=O)c1ccc(N2CCNC(=O)C2)c([N+](=O)[O-])c1. The maximum absolute atomic E-state index is 12.4. The van der Waals surface area contributed by atoms with Crippen LogP contribution in [0.25, 0.3) is 0 Å². The van der Waals surface area contributed by atoms with Gasteiger partial charge in [-0.3, -0.25) is 14.9 Å².